The van der Waals surface area contributed by atoms with Crippen LogP contribution < -0.4 is 21.9 Å². The number of aromatic nitrogens is 2. The third-order valence-corrected chi connectivity index (χ3v) is 6.04. The first kappa shape index (κ1) is 23.4. The topological polar surface area (TPSA) is 101 Å². The summed E-state index contributed by atoms with van der Waals surface area (Å²) in [4.78, 5) is 42.4. The highest BCUT2D eigenvalue weighted by atomic mass is 32.2. The van der Waals surface area contributed by atoms with E-state index in [0.29, 0.717) is 0 Å². The molecule has 0 atom stereocenters. The number of H-pyrrole nitrogens is 1. The normalized spacial score (nSPS) is 11.3. The van der Waals surface area contributed by atoms with Crippen molar-refractivity contribution in [2.45, 2.75) is 38.6 Å². The minimum absolute atomic E-state index is 0.0103. The van der Waals surface area contributed by atoms with E-state index in [1.165, 1.54) is 21.2 Å². The van der Waals surface area contributed by atoms with E-state index in [1.54, 1.807) is 0 Å². The van der Waals surface area contributed by atoms with Crippen LogP contribution in [0.2, 0.25) is 0 Å². The third-order valence-electron chi connectivity index (χ3n) is 4.78. The van der Waals surface area contributed by atoms with Crippen LogP contribution in [0, 0.1) is 0 Å². The van der Waals surface area contributed by atoms with E-state index in [1.807, 2.05) is 81.4 Å². The second kappa shape index (κ2) is 9.91. The Hall–Kier alpha value is -3.26. The molecule has 1 heterocycles. The van der Waals surface area contributed by atoms with Gasteiger partial charge in [-0.05, 0) is 11.1 Å². The smallest absolute Gasteiger partial charge is 0.330 e. The summed E-state index contributed by atoms with van der Waals surface area (Å²) in [6.45, 7) is 6.41. The molecule has 0 aliphatic rings. The number of carbonyl (C=O) groups excluding carboxylic acids is 1. The van der Waals surface area contributed by atoms with Crippen molar-refractivity contribution in [2.24, 2.45) is 0 Å². The van der Waals surface area contributed by atoms with Gasteiger partial charge < -0.3 is 5.73 Å². The highest BCUT2D eigenvalue weighted by molar-refractivity contribution is 8.01. The monoisotopic (exact) mass is 452 g/mol. The number of hydrogen-bond acceptors (Lipinski definition) is 5. The van der Waals surface area contributed by atoms with Gasteiger partial charge >= 0.3 is 5.69 Å². The van der Waals surface area contributed by atoms with E-state index >= 15 is 0 Å². The van der Waals surface area contributed by atoms with Gasteiger partial charge in [0.05, 0.1) is 18.8 Å². The van der Waals surface area contributed by atoms with Crippen molar-refractivity contribution in [3.8, 4) is 0 Å². The number of hydrogen-bond donors (Lipinski definition) is 2. The van der Waals surface area contributed by atoms with Gasteiger partial charge in [-0.1, -0.05) is 81.4 Å². The molecule has 1 aromatic heterocycles. The Balaban J connectivity index is 2.06. The number of nitrogens with two attached hydrogens (primary N) is 1. The van der Waals surface area contributed by atoms with Gasteiger partial charge in [-0.15, -0.1) is 11.8 Å². The van der Waals surface area contributed by atoms with Crippen molar-refractivity contribution in [1.29, 1.82) is 0 Å². The quantitative estimate of drug-likeness (QED) is 0.573. The van der Waals surface area contributed by atoms with Crippen LogP contribution in [0.5, 0.6) is 0 Å². The molecule has 0 unspecified atom stereocenters. The fraction of sp³-hybridized carbons (Fsp3) is 0.292. The Morgan fingerprint density at radius 3 is 2.12 bits per heavy atom. The van der Waals surface area contributed by atoms with Gasteiger partial charge in [0, 0.05) is 4.75 Å². The molecule has 3 rings (SSSR count). The maximum atomic E-state index is 13.3. The average Bonchev–Trinajstić information content (AvgIpc) is 2.75. The number of anilines is 2. The van der Waals surface area contributed by atoms with E-state index < -0.39 is 11.2 Å². The van der Waals surface area contributed by atoms with Gasteiger partial charge in [-0.25, -0.2) is 4.79 Å². The summed E-state index contributed by atoms with van der Waals surface area (Å²) >= 11 is 1.48. The zero-order valence-electron chi connectivity index (χ0n) is 18.5. The summed E-state index contributed by atoms with van der Waals surface area (Å²) in [6, 6.07) is 18.7. The molecule has 0 saturated heterocycles. The summed E-state index contributed by atoms with van der Waals surface area (Å²) in [5.74, 6) is -0.115. The standard InChI is InChI=1S/C24H28N4O3S/c1-24(2,3)32-16-19(29)27(14-17-10-6-4-7-11-17)20-21(25)28(23(31)26-22(20)30)15-18-12-8-5-9-13-18/h4-13H,14-16,25H2,1-3H3,(H,26,30,31). The number of nitrogens with zero attached hydrogens (tertiary/aromatic N) is 2. The van der Waals surface area contributed by atoms with Crippen LogP contribution in [0.15, 0.2) is 70.3 Å². The van der Waals surface area contributed by atoms with Gasteiger partial charge in [0.25, 0.3) is 5.56 Å². The number of carbonyl (C=O) groups is 1. The molecule has 8 heteroatoms. The Labute approximate surface area is 191 Å². The fourth-order valence-electron chi connectivity index (χ4n) is 3.18. The Bertz CT molecular complexity index is 1180. The lowest BCUT2D eigenvalue weighted by Gasteiger charge is -2.26. The van der Waals surface area contributed by atoms with Crippen LogP contribution in [0.3, 0.4) is 0 Å². The molecule has 2 aromatic carbocycles. The maximum Gasteiger partial charge on any atom is 0.330 e. The molecule has 3 aromatic rings. The van der Waals surface area contributed by atoms with Crippen molar-refractivity contribution in [3.05, 3.63) is 92.6 Å². The van der Waals surface area contributed by atoms with Crippen LogP contribution in [-0.2, 0) is 17.9 Å². The predicted molar refractivity (Wildman–Crippen MR) is 131 cm³/mol. The molecule has 0 spiro atoms. The first-order valence-corrected chi connectivity index (χ1v) is 11.3. The molecule has 3 N–H and O–H groups in total. The van der Waals surface area contributed by atoms with Gasteiger partial charge in [0.1, 0.15) is 5.82 Å². The van der Waals surface area contributed by atoms with Crippen molar-refractivity contribution in [2.75, 3.05) is 16.4 Å². The molecule has 0 fully saturated rings. The first-order chi connectivity index (χ1) is 15.2. The van der Waals surface area contributed by atoms with Crippen LogP contribution in [0.1, 0.15) is 31.9 Å². The van der Waals surface area contributed by atoms with Crippen molar-refractivity contribution in [3.63, 3.8) is 0 Å². The lowest BCUT2D eigenvalue weighted by atomic mass is 10.2. The lowest BCUT2D eigenvalue weighted by Crippen LogP contribution is -2.42. The third kappa shape index (κ3) is 5.91. The molecule has 0 bridgehead atoms. The number of nitrogen functional groups attached to an aromatic ring is 1. The van der Waals surface area contributed by atoms with Crippen LogP contribution in [0.4, 0.5) is 11.5 Å². The zero-order chi connectivity index (χ0) is 23.3. The molecular formula is C24H28N4O3S. The van der Waals surface area contributed by atoms with E-state index in [0.717, 1.165) is 11.1 Å². The Kier molecular flexibility index (Phi) is 7.25. The molecule has 0 saturated carbocycles. The highest BCUT2D eigenvalue weighted by Gasteiger charge is 2.26. The molecule has 168 valence electrons. The number of aromatic amines is 1. The summed E-state index contributed by atoms with van der Waals surface area (Å²) < 4.78 is 1.16. The molecule has 32 heavy (non-hydrogen) atoms. The lowest BCUT2D eigenvalue weighted by molar-refractivity contribution is -0.116. The summed E-state index contributed by atoms with van der Waals surface area (Å²) in [5, 5.41) is 0. The maximum absolute atomic E-state index is 13.3. The summed E-state index contributed by atoms with van der Waals surface area (Å²) in [6.07, 6.45) is 0. The SMILES string of the molecule is CC(C)(C)SCC(=O)N(Cc1ccccc1)c1c(N)n(Cc2ccccc2)c(=O)[nH]c1=O. The van der Waals surface area contributed by atoms with Crippen LogP contribution in [-0.4, -0.2) is 26.0 Å². The average molecular weight is 453 g/mol. The first-order valence-electron chi connectivity index (χ1n) is 10.3. The number of rotatable bonds is 7. The molecule has 0 radical (unpaired) electrons. The zero-order valence-corrected chi connectivity index (χ0v) is 19.3. The second-order valence-corrected chi connectivity index (χ2v) is 10.2. The van der Waals surface area contributed by atoms with Crippen LogP contribution in [0.25, 0.3) is 0 Å². The van der Waals surface area contributed by atoms with E-state index in [4.69, 9.17) is 5.73 Å². The number of nitrogens with one attached hydrogen (secondary N) is 1. The van der Waals surface area contributed by atoms with E-state index in [9.17, 15) is 14.4 Å². The fourth-order valence-corrected chi connectivity index (χ4v) is 3.89. The van der Waals surface area contributed by atoms with Crippen molar-refractivity contribution >= 4 is 29.2 Å². The van der Waals surface area contributed by atoms with Gasteiger partial charge in [-0.2, -0.15) is 0 Å². The molecule has 0 aliphatic carbocycles. The van der Waals surface area contributed by atoms with E-state index in [-0.39, 0.29) is 41.0 Å². The number of thioether (sulfide) groups is 1. The van der Waals surface area contributed by atoms with Gasteiger partial charge in [0.15, 0.2) is 5.69 Å². The van der Waals surface area contributed by atoms with Crippen LogP contribution >= 0.6 is 11.8 Å². The minimum atomic E-state index is -0.679. The summed E-state index contributed by atoms with van der Waals surface area (Å²) in [5.41, 5.74) is 6.74. The molecule has 1 amide bonds. The largest absolute Gasteiger partial charge is 0.383 e. The number of amides is 1. The number of benzene rings is 2. The summed E-state index contributed by atoms with van der Waals surface area (Å²) in [7, 11) is 0. The minimum Gasteiger partial charge on any atom is -0.383 e. The Morgan fingerprint density at radius 2 is 1.56 bits per heavy atom. The van der Waals surface area contributed by atoms with E-state index in [2.05, 4.69) is 4.98 Å². The highest BCUT2D eigenvalue weighted by Crippen LogP contribution is 2.26. The second-order valence-electron chi connectivity index (χ2n) is 8.43. The molecule has 0 aliphatic heterocycles. The molecular weight excluding hydrogens is 424 g/mol. The molecule has 7 nitrogen and oxygen atoms in total. The predicted octanol–water partition coefficient (Wildman–Crippen LogP) is 3.23. The van der Waals surface area contributed by atoms with Crippen molar-refractivity contribution in [1.82, 2.24) is 9.55 Å². The van der Waals surface area contributed by atoms with Gasteiger partial charge in [-0.3, -0.25) is 24.0 Å². The Morgan fingerprint density at radius 1 is 1.00 bits per heavy atom. The van der Waals surface area contributed by atoms with Gasteiger partial charge in [0.2, 0.25) is 5.91 Å². The van der Waals surface area contributed by atoms with Crippen molar-refractivity contribution < 1.29 is 4.79 Å².